The van der Waals surface area contributed by atoms with E-state index >= 15 is 0 Å². The molecular weight excluding hydrogens is 376 g/mol. The number of hydrogen-bond donors (Lipinski definition) is 1. The molecule has 2 aromatic rings. The molecule has 2 rings (SSSR count). The zero-order valence-electron chi connectivity index (χ0n) is 15.4. The summed E-state index contributed by atoms with van der Waals surface area (Å²) in [7, 11) is 1.57. The molecule has 0 bridgehead atoms. The summed E-state index contributed by atoms with van der Waals surface area (Å²) < 4.78 is 24.8. The van der Waals surface area contributed by atoms with E-state index in [2.05, 4.69) is 19.2 Å². The van der Waals surface area contributed by atoms with Crippen LogP contribution in [0.4, 0.5) is 4.39 Å². The molecule has 3 nitrogen and oxygen atoms in total. The average Bonchev–Trinajstić information content (AvgIpc) is 2.58. The Labute approximate surface area is 166 Å². The minimum Gasteiger partial charge on any atom is -0.493 e. The van der Waals surface area contributed by atoms with Crippen LogP contribution in [0.15, 0.2) is 36.4 Å². The molecule has 0 spiro atoms. The van der Waals surface area contributed by atoms with Gasteiger partial charge in [0.1, 0.15) is 12.4 Å². The number of rotatable bonds is 9. The fourth-order valence-electron chi connectivity index (χ4n) is 2.40. The van der Waals surface area contributed by atoms with Crippen molar-refractivity contribution in [2.75, 3.05) is 13.7 Å². The van der Waals surface area contributed by atoms with Gasteiger partial charge < -0.3 is 14.8 Å². The zero-order chi connectivity index (χ0) is 18.2. The van der Waals surface area contributed by atoms with E-state index in [1.807, 2.05) is 12.1 Å². The first-order valence-electron chi connectivity index (χ1n) is 8.44. The molecule has 0 aliphatic heterocycles. The van der Waals surface area contributed by atoms with Crippen molar-refractivity contribution in [2.24, 2.45) is 5.92 Å². The van der Waals surface area contributed by atoms with E-state index in [0.717, 1.165) is 18.5 Å². The van der Waals surface area contributed by atoms with Crippen molar-refractivity contribution in [1.82, 2.24) is 5.32 Å². The first kappa shape index (κ1) is 22.6. The number of ether oxygens (including phenoxy) is 2. The van der Waals surface area contributed by atoms with Crippen LogP contribution in [0.2, 0.25) is 5.02 Å². The van der Waals surface area contributed by atoms with E-state index in [0.29, 0.717) is 34.5 Å². The predicted molar refractivity (Wildman–Crippen MR) is 107 cm³/mol. The Balaban J connectivity index is 0.00000338. The molecule has 0 aliphatic rings. The van der Waals surface area contributed by atoms with Crippen molar-refractivity contribution in [3.05, 3.63) is 58.4 Å². The summed E-state index contributed by atoms with van der Waals surface area (Å²) in [5.74, 6) is 1.34. The Morgan fingerprint density at radius 3 is 2.58 bits per heavy atom. The number of hydrogen-bond acceptors (Lipinski definition) is 3. The quantitative estimate of drug-likeness (QED) is 0.552. The first-order chi connectivity index (χ1) is 12.0. The highest BCUT2D eigenvalue weighted by Gasteiger charge is 2.13. The Hall–Kier alpha value is -1.49. The molecule has 0 aliphatic carbocycles. The molecule has 144 valence electrons. The van der Waals surface area contributed by atoms with E-state index in [1.165, 1.54) is 6.07 Å². The molecule has 0 atom stereocenters. The Morgan fingerprint density at radius 1 is 1.19 bits per heavy atom. The number of benzene rings is 2. The van der Waals surface area contributed by atoms with Crippen molar-refractivity contribution in [3.8, 4) is 11.5 Å². The molecule has 0 fully saturated rings. The van der Waals surface area contributed by atoms with Crippen molar-refractivity contribution in [3.63, 3.8) is 0 Å². The summed E-state index contributed by atoms with van der Waals surface area (Å²) >= 11 is 6.36. The molecule has 26 heavy (non-hydrogen) atoms. The standard InChI is InChI=1S/C20H25ClFNO2.ClH/c1-14(2)8-9-23-12-15-10-17(21)20(19(11-15)24-3)25-13-16-6-4-5-7-18(16)22;/h4-7,10-11,14,23H,8-9,12-13H2,1-3H3;1H. The molecule has 6 heteroatoms. The van der Waals surface area contributed by atoms with Crippen molar-refractivity contribution in [2.45, 2.75) is 33.4 Å². The average molecular weight is 402 g/mol. The van der Waals surface area contributed by atoms with Crippen molar-refractivity contribution in [1.29, 1.82) is 0 Å². The zero-order valence-corrected chi connectivity index (χ0v) is 16.9. The van der Waals surface area contributed by atoms with Gasteiger partial charge in [0.15, 0.2) is 11.5 Å². The SMILES string of the molecule is COc1cc(CNCCC(C)C)cc(Cl)c1OCc1ccccc1F.Cl. The fraction of sp³-hybridized carbons (Fsp3) is 0.400. The van der Waals surface area contributed by atoms with E-state index < -0.39 is 0 Å². The Kier molecular flexibility index (Phi) is 9.78. The van der Waals surface area contributed by atoms with Crippen LogP contribution < -0.4 is 14.8 Å². The van der Waals surface area contributed by atoms with Crippen molar-refractivity contribution >= 4 is 24.0 Å². The fourth-order valence-corrected chi connectivity index (χ4v) is 2.69. The Morgan fingerprint density at radius 2 is 1.92 bits per heavy atom. The second kappa shape index (κ2) is 11.3. The van der Waals surface area contributed by atoms with E-state index in [4.69, 9.17) is 21.1 Å². The highest BCUT2D eigenvalue weighted by atomic mass is 35.5. The van der Waals surface area contributed by atoms with Gasteiger partial charge in [-0.2, -0.15) is 0 Å². The monoisotopic (exact) mass is 401 g/mol. The third-order valence-corrected chi connectivity index (χ3v) is 4.13. The van der Waals surface area contributed by atoms with E-state index in [-0.39, 0.29) is 24.8 Å². The van der Waals surface area contributed by atoms with Crippen LogP contribution in [-0.4, -0.2) is 13.7 Å². The molecule has 0 saturated carbocycles. The van der Waals surface area contributed by atoms with Crippen LogP contribution in [0.25, 0.3) is 0 Å². The van der Waals surface area contributed by atoms with Gasteiger partial charge in [-0.25, -0.2) is 4.39 Å². The largest absolute Gasteiger partial charge is 0.493 e. The Bertz CT molecular complexity index is 696. The molecule has 0 heterocycles. The van der Waals surface area contributed by atoms with Crippen LogP contribution in [-0.2, 0) is 13.2 Å². The van der Waals surface area contributed by atoms with Gasteiger partial charge in [-0.1, -0.05) is 43.6 Å². The lowest BCUT2D eigenvalue weighted by Gasteiger charge is -2.15. The molecule has 0 saturated heterocycles. The summed E-state index contributed by atoms with van der Waals surface area (Å²) in [5, 5.41) is 3.85. The van der Waals surface area contributed by atoms with Gasteiger partial charge in [0.25, 0.3) is 0 Å². The summed E-state index contributed by atoms with van der Waals surface area (Å²) in [6.45, 7) is 6.14. The lowest BCUT2D eigenvalue weighted by Crippen LogP contribution is -2.16. The summed E-state index contributed by atoms with van der Waals surface area (Å²) in [6, 6.07) is 10.3. The van der Waals surface area contributed by atoms with Gasteiger partial charge in [0.05, 0.1) is 12.1 Å². The maximum absolute atomic E-state index is 13.7. The lowest BCUT2D eigenvalue weighted by atomic mass is 10.1. The van der Waals surface area contributed by atoms with Crippen LogP contribution in [0, 0.1) is 11.7 Å². The second-order valence-electron chi connectivity index (χ2n) is 6.35. The molecular formula is C20H26Cl2FNO2. The van der Waals surface area contributed by atoms with Crippen LogP contribution >= 0.6 is 24.0 Å². The maximum atomic E-state index is 13.7. The van der Waals surface area contributed by atoms with Crippen molar-refractivity contribution < 1.29 is 13.9 Å². The van der Waals surface area contributed by atoms with Gasteiger partial charge in [0, 0.05) is 12.1 Å². The smallest absolute Gasteiger partial charge is 0.180 e. The molecule has 0 aromatic heterocycles. The minimum absolute atomic E-state index is 0. The number of halogens is 3. The van der Waals surface area contributed by atoms with Gasteiger partial charge in [-0.15, -0.1) is 12.4 Å². The highest BCUT2D eigenvalue weighted by Crippen LogP contribution is 2.37. The maximum Gasteiger partial charge on any atom is 0.180 e. The first-order valence-corrected chi connectivity index (χ1v) is 8.82. The molecule has 0 radical (unpaired) electrons. The summed E-state index contributed by atoms with van der Waals surface area (Å²) in [5.41, 5.74) is 1.49. The second-order valence-corrected chi connectivity index (χ2v) is 6.76. The predicted octanol–water partition coefficient (Wildman–Crippen LogP) is 5.62. The third kappa shape index (κ3) is 6.67. The van der Waals surface area contributed by atoms with E-state index in [1.54, 1.807) is 25.3 Å². The molecule has 0 unspecified atom stereocenters. The van der Waals surface area contributed by atoms with Gasteiger partial charge in [-0.3, -0.25) is 0 Å². The van der Waals surface area contributed by atoms with E-state index in [9.17, 15) is 4.39 Å². The molecule has 1 N–H and O–H groups in total. The number of methoxy groups -OCH3 is 1. The van der Waals surface area contributed by atoms with Crippen LogP contribution in [0.5, 0.6) is 11.5 Å². The minimum atomic E-state index is -0.302. The topological polar surface area (TPSA) is 30.5 Å². The van der Waals surface area contributed by atoms with Crippen LogP contribution in [0.3, 0.4) is 0 Å². The van der Waals surface area contributed by atoms with Crippen LogP contribution in [0.1, 0.15) is 31.4 Å². The molecule has 2 aromatic carbocycles. The number of nitrogens with one attached hydrogen (secondary N) is 1. The lowest BCUT2D eigenvalue weighted by molar-refractivity contribution is 0.279. The molecule has 0 amide bonds. The van der Waals surface area contributed by atoms with Gasteiger partial charge in [-0.05, 0) is 42.6 Å². The summed E-state index contributed by atoms with van der Waals surface area (Å²) in [6.07, 6.45) is 1.12. The summed E-state index contributed by atoms with van der Waals surface area (Å²) in [4.78, 5) is 0. The van der Waals surface area contributed by atoms with Gasteiger partial charge >= 0.3 is 0 Å². The highest BCUT2D eigenvalue weighted by molar-refractivity contribution is 6.32. The third-order valence-electron chi connectivity index (χ3n) is 3.85. The van der Waals surface area contributed by atoms with Gasteiger partial charge in [0.2, 0.25) is 0 Å². The normalized spacial score (nSPS) is 10.5.